The zero-order chi connectivity index (χ0) is 14.6. The predicted molar refractivity (Wildman–Crippen MR) is 87.5 cm³/mol. The fraction of sp³-hybridized carbons (Fsp3) is 0.125. The average Bonchev–Trinajstić information content (AvgIpc) is 2.46. The molecule has 0 amide bonds. The summed E-state index contributed by atoms with van der Waals surface area (Å²) in [6.45, 7) is -0.116. The number of hydrogen-bond donors (Lipinski definition) is 2. The summed E-state index contributed by atoms with van der Waals surface area (Å²) in [5.41, 5.74) is 0.227. The molecule has 0 aliphatic rings. The second-order valence-electron chi connectivity index (χ2n) is 4.37. The monoisotopic (exact) mass is 396 g/mol. The fourth-order valence-corrected chi connectivity index (χ4v) is 2.52. The summed E-state index contributed by atoms with van der Waals surface area (Å²) in [4.78, 5) is 0. The van der Waals surface area contributed by atoms with Crippen LogP contribution in [0.15, 0.2) is 69.6 Å². The SMILES string of the molecule is OCC=CC(O)(c1ccc(Br)cc1)c1ccc(Br)cc1. The summed E-state index contributed by atoms with van der Waals surface area (Å²) in [5, 5.41) is 20.0. The average molecular weight is 398 g/mol. The Morgan fingerprint density at radius 1 is 0.850 bits per heavy atom. The lowest BCUT2D eigenvalue weighted by molar-refractivity contribution is 0.133. The molecule has 2 N–H and O–H groups in total. The van der Waals surface area contributed by atoms with Crippen molar-refractivity contribution in [2.75, 3.05) is 6.61 Å². The summed E-state index contributed by atoms with van der Waals surface area (Å²) in [7, 11) is 0. The molecule has 0 aromatic heterocycles. The summed E-state index contributed by atoms with van der Waals surface area (Å²) in [6, 6.07) is 14.9. The lowest BCUT2D eigenvalue weighted by Gasteiger charge is -2.26. The molecule has 0 saturated heterocycles. The minimum atomic E-state index is -1.26. The standard InChI is InChI=1S/C16H14Br2O2/c17-14-6-2-12(3-7-14)16(20,10-1-11-19)13-4-8-15(18)9-5-13/h1-10,19-20H,11H2. The lowest BCUT2D eigenvalue weighted by atomic mass is 9.86. The van der Waals surface area contributed by atoms with E-state index in [1.54, 1.807) is 12.2 Å². The molecule has 0 saturated carbocycles. The first kappa shape index (κ1) is 15.4. The number of aliphatic hydroxyl groups excluding tert-OH is 1. The van der Waals surface area contributed by atoms with Crippen LogP contribution in [-0.4, -0.2) is 16.8 Å². The largest absolute Gasteiger partial charge is 0.392 e. The van der Waals surface area contributed by atoms with Crippen LogP contribution in [0.4, 0.5) is 0 Å². The molecule has 0 unspecified atom stereocenters. The third-order valence-corrected chi connectivity index (χ3v) is 4.09. The topological polar surface area (TPSA) is 40.5 Å². The summed E-state index contributed by atoms with van der Waals surface area (Å²) >= 11 is 6.77. The molecule has 2 aromatic carbocycles. The van der Waals surface area contributed by atoms with Crippen molar-refractivity contribution in [1.82, 2.24) is 0 Å². The van der Waals surface area contributed by atoms with Crippen molar-refractivity contribution in [1.29, 1.82) is 0 Å². The summed E-state index contributed by atoms with van der Waals surface area (Å²) in [6.07, 6.45) is 3.16. The van der Waals surface area contributed by atoms with Crippen LogP contribution >= 0.6 is 31.9 Å². The number of aliphatic hydroxyl groups is 2. The van der Waals surface area contributed by atoms with Gasteiger partial charge in [0.2, 0.25) is 0 Å². The molecule has 0 aliphatic carbocycles. The van der Waals surface area contributed by atoms with Crippen LogP contribution in [0, 0.1) is 0 Å². The maximum Gasteiger partial charge on any atom is 0.133 e. The zero-order valence-corrected chi connectivity index (χ0v) is 13.8. The minimum absolute atomic E-state index is 0.116. The zero-order valence-electron chi connectivity index (χ0n) is 10.6. The van der Waals surface area contributed by atoms with Gasteiger partial charge in [0, 0.05) is 8.95 Å². The Morgan fingerprint density at radius 2 is 1.25 bits per heavy atom. The first-order chi connectivity index (χ1) is 9.56. The van der Waals surface area contributed by atoms with E-state index in [1.165, 1.54) is 0 Å². The first-order valence-corrected chi connectivity index (χ1v) is 7.68. The van der Waals surface area contributed by atoms with Gasteiger partial charge in [0.1, 0.15) is 5.60 Å². The van der Waals surface area contributed by atoms with E-state index in [0.29, 0.717) is 0 Å². The molecule has 0 bridgehead atoms. The molecular weight excluding hydrogens is 384 g/mol. The molecule has 2 rings (SSSR count). The van der Waals surface area contributed by atoms with Gasteiger partial charge < -0.3 is 10.2 Å². The number of halogens is 2. The lowest BCUT2D eigenvalue weighted by Crippen LogP contribution is -2.24. The predicted octanol–water partition coefficient (Wildman–Crippen LogP) is 4.00. The highest BCUT2D eigenvalue weighted by Gasteiger charge is 2.28. The van der Waals surface area contributed by atoms with E-state index in [0.717, 1.165) is 20.1 Å². The third-order valence-electron chi connectivity index (χ3n) is 3.03. The van der Waals surface area contributed by atoms with E-state index in [1.807, 2.05) is 48.5 Å². The van der Waals surface area contributed by atoms with Crippen LogP contribution < -0.4 is 0 Å². The second-order valence-corrected chi connectivity index (χ2v) is 6.20. The minimum Gasteiger partial charge on any atom is -0.392 e. The van der Waals surface area contributed by atoms with Crippen molar-refractivity contribution >= 4 is 31.9 Å². The Morgan fingerprint density at radius 3 is 1.60 bits per heavy atom. The van der Waals surface area contributed by atoms with E-state index in [9.17, 15) is 5.11 Å². The van der Waals surface area contributed by atoms with Gasteiger partial charge in [0.15, 0.2) is 0 Å². The molecule has 20 heavy (non-hydrogen) atoms. The van der Waals surface area contributed by atoms with E-state index >= 15 is 0 Å². The number of hydrogen-bond acceptors (Lipinski definition) is 2. The Balaban J connectivity index is 2.52. The van der Waals surface area contributed by atoms with Gasteiger partial charge in [-0.05, 0) is 41.5 Å². The molecule has 0 radical (unpaired) electrons. The summed E-state index contributed by atoms with van der Waals surface area (Å²) in [5.74, 6) is 0. The van der Waals surface area contributed by atoms with Gasteiger partial charge in [-0.1, -0.05) is 62.2 Å². The van der Waals surface area contributed by atoms with E-state index < -0.39 is 5.60 Å². The molecule has 104 valence electrons. The van der Waals surface area contributed by atoms with Crippen LogP contribution in [-0.2, 0) is 5.60 Å². The van der Waals surface area contributed by atoms with E-state index in [4.69, 9.17) is 5.11 Å². The van der Waals surface area contributed by atoms with Gasteiger partial charge in [-0.25, -0.2) is 0 Å². The van der Waals surface area contributed by atoms with Gasteiger partial charge in [-0.15, -0.1) is 0 Å². The maximum absolute atomic E-state index is 11.0. The molecule has 4 heteroatoms. The molecule has 0 spiro atoms. The highest BCUT2D eigenvalue weighted by atomic mass is 79.9. The van der Waals surface area contributed by atoms with Crippen molar-refractivity contribution in [3.63, 3.8) is 0 Å². The first-order valence-electron chi connectivity index (χ1n) is 6.09. The van der Waals surface area contributed by atoms with Crippen LogP contribution in [0.5, 0.6) is 0 Å². The number of benzene rings is 2. The van der Waals surface area contributed by atoms with Gasteiger partial charge in [-0.3, -0.25) is 0 Å². The molecule has 2 aromatic rings. The highest BCUT2D eigenvalue weighted by Crippen LogP contribution is 2.32. The van der Waals surface area contributed by atoms with Crippen LogP contribution in [0.25, 0.3) is 0 Å². The number of rotatable bonds is 4. The van der Waals surface area contributed by atoms with Crippen molar-refractivity contribution in [2.24, 2.45) is 0 Å². The Hall–Kier alpha value is -0.940. The van der Waals surface area contributed by atoms with Crippen LogP contribution in [0.3, 0.4) is 0 Å². The van der Waals surface area contributed by atoms with E-state index in [2.05, 4.69) is 31.9 Å². The summed E-state index contributed by atoms with van der Waals surface area (Å²) < 4.78 is 1.90. The van der Waals surface area contributed by atoms with Crippen molar-refractivity contribution < 1.29 is 10.2 Å². The maximum atomic E-state index is 11.0. The Kier molecular flexibility index (Phi) is 5.16. The molecular formula is C16H14Br2O2. The smallest absolute Gasteiger partial charge is 0.133 e. The molecule has 0 fully saturated rings. The molecule has 0 atom stereocenters. The quantitative estimate of drug-likeness (QED) is 0.765. The van der Waals surface area contributed by atoms with Crippen LogP contribution in [0.1, 0.15) is 11.1 Å². The van der Waals surface area contributed by atoms with Gasteiger partial charge >= 0.3 is 0 Å². The fourth-order valence-electron chi connectivity index (χ4n) is 1.99. The third kappa shape index (κ3) is 3.38. The normalized spacial score (nSPS) is 12.0. The van der Waals surface area contributed by atoms with Gasteiger partial charge in [-0.2, -0.15) is 0 Å². The highest BCUT2D eigenvalue weighted by molar-refractivity contribution is 9.10. The Bertz CT molecular complexity index is 543. The second kappa shape index (κ2) is 6.68. The van der Waals surface area contributed by atoms with Gasteiger partial charge in [0.05, 0.1) is 6.61 Å². The van der Waals surface area contributed by atoms with Crippen molar-refractivity contribution in [3.8, 4) is 0 Å². The molecule has 0 aliphatic heterocycles. The molecule has 2 nitrogen and oxygen atoms in total. The molecule has 0 heterocycles. The Labute approximate surface area is 135 Å². The van der Waals surface area contributed by atoms with Crippen molar-refractivity contribution in [2.45, 2.75) is 5.60 Å². The van der Waals surface area contributed by atoms with E-state index in [-0.39, 0.29) is 6.61 Å². The van der Waals surface area contributed by atoms with Crippen molar-refractivity contribution in [3.05, 3.63) is 80.8 Å². The van der Waals surface area contributed by atoms with Crippen LogP contribution in [0.2, 0.25) is 0 Å². The van der Waals surface area contributed by atoms with Gasteiger partial charge in [0.25, 0.3) is 0 Å².